The Morgan fingerprint density at radius 2 is 1.68 bits per heavy atom. The van der Waals surface area contributed by atoms with Gasteiger partial charge in [0, 0.05) is 0 Å². The second kappa shape index (κ2) is 10.2. The quantitative estimate of drug-likeness (QED) is 0.148. The summed E-state index contributed by atoms with van der Waals surface area (Å²) in [6.45, 7) is 0.359. The maximum atomic E-state index is 11.7. The Balaban J connectivity index is 4.64. The van der Waals surface area contributed by atoms with E-state index >= 15 is 0 Å². The van der Waals surface area contributed by atoms with Crippen LogP contribution in [0.15, 0.2) is 0 Å². The molecule has 10 heteroatoms. The summed E-state index contributed by atoms with van der Waals surface area (Å²) in [5, 5.41) is 48.3. The highest BCUT2D eigenvalue weighted by Gasteiger charge is 2.35. The first kappa shape index (κ1) is 20.4. The summed E-state index contributed by atoms with van der Waals surface area (Å²) in [5.74, 6) is -2.58. The van der Waals surface area contributed by atoms with Crippen molar-refractivity contribution in [3.05, 3.63) is 0 Å². The standard InChI is InChI=1S/C12H22N2O8/c13-4-2-1-3-6(12(21)22)14-11(20)10(19)9(18)8(17)7(16)5-15/h5-10,16-19H,1-4,13H2,(H,14,20)(H,21,22)/t6-,7-,8+,9+,10-/m0/s1. The number of hydrogen-bond donors (Lipinski definition) is 7. The Hall–Kier alpha value is -1.59. The number of carboxylic acids is 1. The highest BCUT2D eigenvalue weighted by Crippen LogP contribution is 2.06. The molecule has 0 aliphatic rings. The monoisotopic (exact) mass is 322 g/mol. The van der Waals surface area contributed by atoms with Crippen LogP contribution >= 0.6 is 0 Å². The number of unbranched alkanes of at least 4 members (excludes halogenated alkanes) is 1. The molecule has 0 aliphatic carbocycles. The molecule has 8 N–H and O–H groups in total. The average Bonchev–Trinajstić information content (AvgIpc) is 2.50. The van der Waals surface area contributed by atoms with Gasteiger partial charge in [0.25, 0.3) is 5.91 Å². The van der Waals surface area contributed by atoms with E-state index < -0.39 is 42.3 Å². The lowest BCUT2D eigenvalue weighted by molar-refractivity contribution is -0.153. The van der Waals surface area contributed by atoms with E-state index in [1.807, 2.05) is 5.32 Å². The van der Waals surface area contributed by atoms with Crippen molar-refractivity contribution >= 4 is 18.2 Å². The Kier molecular flexibility index (Phi) is 9.45. The smallest absolute Gasteiger partial charge is 0.326 e. The van der Waals surface area contributed by atoms with E-state index in [4.69, 9.17) is 15.9 Å². The molecule has 0 aromatic heterocycles. The molecule has 0 spiro atoms. The normalized spacial score (nSPS) is 17.9. The van der Waals surface area contributed by atoms with Gasteiger partial charge in [0.2, 0.25) is 0 Å². The molecular weight excluding hydrogens is 300 g/mol. The van der Waals surface area contributed by atoms with Gasteiger partial charge in [0.05, 0.1) is 0 Å². The van der Waals surface area contributed by atoms with Gasteiger partial charge in [0.15, 0.2) is 12.4 Å². The van der Waals surface area contributed by atoms with E-state index in [2.05, 4.69) is 0 Å². The molecule has 0 fully saturated rings. The van der Waals surface area contributed by atoms with Gasteiger partial charge in [-0.3, -0.25) is 4.79 Å². The first-order valence-corrected chi connectivity index (χ1v) is 6.67. The summed E-state index contributed by atoms with van der Waals surface area (Å²) in [6.07, 6.45) is -7.46. The minimum atomic E-state index is -2.21. The van der Waals surface area contributed by atoms with Gasteiger partial charge in [-0.05, 0) is 25.8 Å². The van der Waals surface area contributed by atoms with Crippen LogP contribution in [0.1, 0.15) is 19.3 Å². The highest BCUT2D eigenvalue weighted by atomic mass is 16.4. The third-order valence-electron chi connectivity index (χ3n) is 2.99. The van der Waals surface area contributed by atoms with Crippen LogP contribution in [0.3, 0.4) is 0 Å². The number of carbonyl (C=O) groups is 3. The third-order valence-corrected chi connectivity index (χ3v) is 2.99. The van der Waals surface area contributed by atoms with Crippen molar-refractivity contribution in [1.29, 1.82) is 0 Å². The maximum absolute atomic E-state index is 11.7. The highest BCUT2D eigenvalue weighted by molar-refractivity contribution is 5.86. The molecule has 0 saturated carbocycles. The number of nitrogens with two attached hydrogens (primary N) is 1. The molecular formula is C12H22N2O8. The van der Waals surface area contributed by atoms with Crippen LogP contribution in [0.5, 0.6) is 0 Å². The van der Waals surface area contributed by atoms with Gasteiger partial charge in [-0.2, -0.15) is 0 Å². The van der Waals surface area contributed by atoms with Crippen molar-refractivity contribution in [2.24, 2.45) is 5.73 Å². The van der Waals surface area contributed by atoms with Crippen LogP contribution < -0.4 is 11.1 Å². The first-order chi connectivity index (χ1) is 10.3. The third kappa shape index (κ3) is 6.45. The van der Waals surface area contributed by atoms with E-state index in [-0.39, 0.29) is 12.7 Å². The number of hydrogen-bond acceptors (Lipinski definition) is 8. The number of aliphatic hydroxyl groups excluding tert-OH is 4. The molecule has 0 aromatic rings. The molecule has 5 atom stereocenters. The molecule has 0 saturated heterocycles. The minimum Gasteiger partial charge on any atom is -0.480 e. The SMILES string of the molecule is NCCCC[C@H](NC(=O)[C@@H](O)[C@H](O)[C@H](O)[C@@H](O)C=O)C(=O)O. The largest absolute Gasteiger partial charge is 0.480 e. The summed E-state index contributed by atoms with van der Waals surface area (Å²) in [7, 11) is 0. The minimum absolute atomic E-state index is 0.0700. The number of amides is 1. The second-order valence-electron chi connectivity index (χ2n) is 4.74. The summed E-state index contributed by atoms with van der Waals surface area (Å²) >= 11 is 0. The number of carbonyl (C=O) groups excluding carboxylic acids is 2. The first-order valence-electron chi connectivity index (χ1n) is 6.67. The lowest BCUT2D eigenvalue weighted by Crippen LogP contribution is -2.54. The molecule has 0 aromatic carbocycles. The van der Waals surface area contributed by atoms with Crippen LogP contribution in [0.4, 0.5) is 0 Å². The van der Waals surface area contributed by atoms with Gasteiger partial charge in [-0.1, -0.05) is 0 Å². The number of rotatable bonds is 11. The van der Waals surface area contributed by atoms with E-state index in [1.54, 1.807) is 0 Å². The molecule has 0 aliphatic heterocycles. The average molecular weight is 322 g/mol. The van der Waals surface area contributed by atoms with Gasteiger partial charge in [0.1, 0.15) is 24.4 Å². The maximum Gasteiger partial charge on any atom is 0.326 e. The van der Waals surface area contributed by atoms with Gasteiger partial charge >= 0.3 is 5.97 Å². The van der Waals surface area contributed by atoms with Gasteiger partial charge in [-0.25, -0.2) is 4.79 Å². The Morgan fingerprint density at radius 1 is 1.09 bits per heavy atom. The summed E-state index contributed by atoms with van der Waals surface area (Å²) < 4.78 is 0. The zero-order valence-corrected chi connectivity index (χ0v) is 11.8. The predicted octanol–water partition coefficient (Wildman–Crippen LogP) is -3.67. The summed E-state index contributed by atoms with van der Waals surface area (Å²) in [6, 6.07) is -1.30. The molecule has 0 bridgehead atoms. The molecule has 22 heavy (non-hydrogen) atoms. The molecule has 0 rings (SSSR count). The van der Waals surface area contributed by atoms with E-state index in [0.717, 1.165) is 0 Å². The summed E-state index contributed by atoms with van der Waals surface area (Å²) in [5.41, 5.74) is 5.27. The Labute approximate surface area is 126 Å². The zero-order valence-electron chi connectivity index (χ0n) is 11.8. The van der Waals surface area contributed by atoms with E-state index in [1.165, 1.54) is 0 Å². The van der Waals surface area contributed by atoms with Crippen LogP contribution in [0, 0.1) is 0 Å². The Morgan fingerprint density at radius 3 is 2.14 bits per heavy atom. The van der Waals surface area contributed by atoms with Crippen LogP contribution in [0.2, 0.25) is 0 Å². The predicted molar refractivity (Wildman–Crippen MR) is 72.6 cm³/mol. The van der Waals surface area contributed by atoms with Crippen molar-refractivity contribution in [1.82, 2.24) is 5.32 Å². The molecule has 0 heterocycles. The fraction of sp³-hybridized carbons (Fsp3) is 0.750. The van der Waals surface area contributed by atoms with Crippen molar-refractivity contribution in [3.63, 3.8) is 0 Å². The molecule has 10 nitrogen and oxygen atoms in total. The van der Waals surface area contributed by atoms with Crippen LogP contribution in [-0.2, 0) is 14.4 Å². The van der Waals surface area contributed by atoms with Crippen molar-refractivity contribution < 1.29 is 39.9 Å². The number of aldehydes is 1. The van der Waals surface area contributed by atoms with Gasteiger partial charge < -0.3 is 41.4 Å². The molecule has 128 valence electrons. The number of aliphatic hydroxyl groups is 4. The lowest BCUT2D eigenvalue weighted by Gasteiger charge is -2.24. The topological polar surface area (TPSA) is 190 Å². The number of carboxylic acid groups (broad SMARTS) is 1. The van der Waals surface area contributed by atoms with E-state index in [9.17, 15) is 29.7 Å². The number of aliphatic carboxylic acids is 1. The molecule has 0 unspecified atom stereocenters. The fourth-order valence-electron chi connectivity index (χ4n) is 1.63. The van der Waals surface area contributed by atoms with Crippen LogP contribution in [0.25, 0.3) is 0 Å². The van der Waals surface area contributed by atoms with Crippen molar-refractivity contribution in [2.75, 3.05) is 6.54 Å². The molecule has 0 radical (unpaired) electrons. The molecule has 1 amide bonds. The Bertz CT molecular complexity index is 378. The van der Waals surface area contributed by atoms with Gasteiger partial charge in [-0.15, -0.1) is 0 Å². The van der Waals surface area contributed by atoms with Crippen molar-refractivity contribution in [2.45, 2.75) is 49.7 Å². The number of nitrogens with one attached hydrogen (secondary N) is 1. The lowest BCUT2D eigenvalue weighted by atomic mass is 10.0. The van der Waals surface area contributed by atoms with E-state index in [0.29, 0.717) is 19.4 Å². The van der Waals surface area contributed by atoms with Crippen LogP contribution in [-0.4, -0.2) is 80.7 Å². The fourth-order valence-corrected chi connectivity index (χ4v) is 1.63. The zero-order chi connectivity index (χ0) is 17.3. The summed E-state index contributed by atoms with van der Waals surface area (Å²) in [4.78, 5) is 32.9. The van der Waals surface area contributed by atoms with Crippen molar-refractivity contribution in [3.8, 4) is 0 Å². The second-order valence-corrected chi connectivity index (χ2v) is 4.74.